The van der Waals surface area contributed by atoms with Crippen molar-refractivity contribution in [2.24, 2.45) is 0 Å². The van der Waals surface area contributed by atoms with Gasteiger partial charge in [0.05, 0.1) is 37.4 Å². The van der Waals surface area contributed by atoms with Gasteiger partial charge >= 0.3 is 6.18 Å². The van der Waals surface area contributed by atoms with E-state index in [1.54, 1.807) is 12.1 Å². The molecule has 0 saturated heterocycles. The molecule has 6 nitrogen and oxygen atoms in total. The lowest BCUT2D eigenvalue weighted by atomic mass is 10.2. The average Bonchev–Trinajstić information content (AvgIpc) is 3.12. The van der Waals surface area contributed by atoms with Crippen LogP contribution in [0.25, 0.3) is 5.69 Å². The van der Waals surface area contributed by atoms with Gasteiger partial charge in [0.1, 0.15) is 5.75 Å². The number of rotatable bonds is 5. The average molecular weight is 405 g/mol. The molecule has 152 valence electrons. The Morgan fingerprint density at radius 2 is 1.79 bits per heavy atom. The maximum atomic E-state index is 13.0. The first kappa shape index (κ1) is 20.2. The quantitative estimate of drug-likeness (QED) is 0.680. The second kappa shape index (κ2) is 7.86. The minimum absolute atomic E-state index is 0.0755. The second-order valence-corrected chi connectivity index (χ2v) is 6.20. The number of hydrogen-bond donors (Lipinski definition) is 1. The van der Waals surface area contributed by atoms with E-state index in [9.17, 15) is 18.0 Å². The normalized spacial score (nSPS) is 11.2. The molecule has 0 atom stereocenters. The number of nitrogens with zero attached hydrogens (tertiary/aromatic N) is 2. The van der Waals surface area contributed by atoms with Crippen LogP contribution >= 0.6 is 0 Å². The number of benzene rings is 2. The number of nitrogens with one attached hydrogen (secondary N) is 1. The van der Waals surface area contributed by atoms with Crippen molar-refractivity contribution in [1.82, 2.24) is 9.78 Å². The topological polar surface area (TPSA) is 65.4 Å². The van der Waals surface area contributed by atoms with Crippen LogP contribution in [0.4, 0.5) is 18.9 Å². The monoisotopic (exact) mass is 405 g/mol. The van der Waals surface area contributed by atoms with Crippen molar-refractivity contribution in [3.05, 3.63) is 65.5 Å². The van der Waals surface area contributed by atoms with Crippen molar-refractivity contribution in [3.63, 3.8) is 0 Å². The number of amides is 1. The maximum absolute atomic E-state index is 13.0. The van der Waals surface area contributed by atoms with Crippen molar-refractivity contribution in [2.75, 3.05) is 19.5 Å². The summed E-state index contributed by atoms with van der Waals surface area (Å²) < 4.78 is 50.5. The number of hydrogen-bond acceptors (Lipinski definition) is 4. The van der Waals surface area contributed by atoms with Gasteiger partial charge in [-0.15, -0.1) is 0 Å². The largest absolute Gasteiger partial charge is 0.495 e. The summed E-state index contributed by atoms with van der Waals surface area (Å²) in [7, 11) is 2.82. The fourth-order valence-corrected chi connectivity index (χ4v) is 2.72. The summed E-state index contributed by atoms with van der Waals surface area (Å²) in [5, 5.41) is 6.81. The third-order valence-electron chi connectivity index (χ3n) is 4.16. The van der Waals surface area contributed by atoms with Gasteiger partial charge in [-0.05, 0) is 42.8 Å². The van der Waals surface area contributed by atoms with Crippen LogP contribution in [-0.2, 0) is 6.18 Å². The summed E-state index contributed by atoms with van der Waals surface area (Å²) in [5.41, 5.74) is 0.592. The van der Waals surface area contributed by atoms with Crippen molar-refractivity contribution < 1.29 is 27.4 Å². The summed E-state index contributed by atoms with van der Waals surface area (Å²) in [4.78, 5) is 12.7. The minimum atomic E-state index is -4.49. The Morgan fingerprint density at radius 3 is 2.45 bits per heavy atom. The van der Waals surface area contributed by atoms with Crippen molar-refractivity contribution in [2.45, 2.75) is 13.1 Å². The molecule has 9 heteroatoms. The van der Waals surface area contributed by atoms with E-state index in [0.29, 0.717) is 11.4 Å². The van der Waals surface area contributed by atoms with E-state index in [2.05, 4.69) is 10.4 Å². The van der Waals surface area contributed by atoms with E-state index in [1.807, 2.05) is 13.0 Å². The van der Waals surface area contributed by atoms with Gasteiger partial charge in [-0.3, -0.25) is 4.79 Å². The molecule has 0 fully saturated rings. The summed E-state index contributed by atoms with van der Waals surface area (Å²) in [6, 6.07) is 9.89. The lowest BCUT2D eigenvalue weighted by molar-refractivity contribution is -0.137. The van der Waals surface area contributed by atoms with E-state index in [0.717, 1.165) is 22.4 Å². The molecule has 0 radical (unpaired) electrons. The first-order valence-electron chi connectivity index (χ1n) is 8.50. The molecule has 0 aliphatic carbocycles. The van der Waals surface area contributed by atoms with Crippen LogP contribution in [0.1, 0.15) is 21.6 Å². The number of carbonyl (C=O) groups excluding carboxylic acids is 1. The first-order chi connectivity index (χ1) is 13.7. The van der Waals surface area contributed by atoms with Gasteiger partial charge in [0.15, 0.2) is 11.4 Å². The molecule has 0 saturated carbocycles. The van der Waals surface area contributed by atoms with Crippen LogP contribution in [0.15, 0.2) is 48.7 Å². The zero-order chi connectivity index (χ0) is 21.2. The number of halogens is 3. The Hall–Kier alpha value is -3.49. The van der Waals surface area contributed by atoms with Crippen LogP contribution in [0.5, 0.6) is 11.5 Å². The van der Waals surface area contributed by atoms with E-state index in [1.165, 1.54) is 32.5 Å². The number of aromatic nitrogens is 2. The highest BCUT2D eigenvalue weighted by Gasteiger charge is 2.30. The number of aryl methyl sites for hydroxylation is 1. The molecule has 2 aromatic carbocycles. The summed E-state index contributed by atoms with van der Waals surface area (Å²) in [5.74, 6) is -0.0109. The molecule has 0 aliphatic heterocycles. The highest BCUT2D eigenvalue weighted by atomic mass is 19.4. The molecular formula is C20H18F3N3O3. The number of ether oxygens (including phenoxy) is 2. The Kier molecular flexibility index (Phi) is 5.49. The van der Waals surface area contributed by atoms with Crippen molar-refractivity contribution in [3.8, 4) is 17.2 Å². The molecule has 0 aliphatic rings. The fraction of sp³-hybridized carbons (Fsp3) is 0.200. The summed E-state index contributed by atoms with van der Waals surface area (Å²) in [6.45, 7) is 1.86. The highest BCUT2D eigenvalue weighted by molar-refractivity contribution is 6.05. The Balaban J connectivity index is 1.95. The second-order valence-electron chi connectivity index (χ2n) is 6.20. The van der Waals surface area contributed by atoms with E-state index < -0.39 is 17.6 Å². The molecule has 0 bridgehead atoms. The van der Waals surface area contributed by atoms with Crippen LogP contribution in [-0.4, -0.2) is 29.9 Å². The fourth-order valence-electron chi connectivity index (χ4n) is 2.72. The summed E-state index contributed by atoms with van der Waals surface area (Å²) >= 11 is 0. The molecule has 1 N–H and O–H groups in total. The van der Waals surface area contributed by atoms with Gasteiger partial charge in [-0.1, -0.05) is 12.1 Å². The SMILES string of the molecule is COc1ccc(C)cc1NC(=O)c1nn(-c2cccc(C(F)(F)F)c2)cc1OC. The van der Waals surface area contributed by atoms with Gasteiger partial charge in [0.2, 0.25) is 0 Å². The van der Waals surface area contributed by atoms with Crippen molar-refractivity contribution >= 4 is 11.6 Å². The first-order valence-corrected chi connectivity index (χ1v) is 8.50. The zero-order valence-electron chi connectivity index (χ0n) is 15.9. The zero-order valence-corrected chi connectivity index (χ0v) is 15.9. The lowest BCUT2D eigenvalue weighted by Crippen LogP contribution is -2.15. The van der Waals surface area contributed by atoms with Gasteiger partial charge < -0.3 is 14.8 Å². The number of alkyl halides is 3. The molecule has 1 amide bonds. The van der Waals surface area contributed by atoms with E-state index in [-0.39, 0.29) is 17.1 Å². The predicted molar refractivity (Wildman–Crippen MR) is 101 cm³/mol. The number of anilines is 1. The van der Waals surface area contributed by atoms with Crippen LogP contribution in [0, 0.1) is 6.92 Å². The predicted octanol–water partition coefficient (Wildman–Crippen LogP) is 4.47. The molecular weight excluding hydrogens is 387 g/mol. The molecule has 0 spiro atoms. The molecule has 3 aromatic rings. The van der Waals surface area contributed by atoms with Crippen LogP contribution in [0.3, 0.4) is 0 Å². The number of carbonyl (C=O) groups is 1. The Morgan fingerprint density at radius 1 is 1.07 bits per heavy atom. The van der Waals surface area contributed by atoms with Crippen molar-refractivity contribution in [1.29, 1.82) is 0 Å². The summed E-state index contributed by atoms with van der Waals surface area (Å²) in [6.07, 6.45) is -3.15. The van der Waals surface area contributed by atoms with Crippen LogP contribution in [0.2, 0.25) is 0 Å². The van der Waals surface area contributed by atoms with Gasteiger partial charge in [0, 0.05) is 0 Å². The molecule has 29 heavy (non-hydrogen) atoms. The third kappa shape index (κ3) is 4.34. The van der Waals surface area contributed by atoms with E-state index in [4.69, 9.17) is 9.47 Å². The highest BCUT2D eigenvalue weighted by Crippen LogP contribution is 2.31. The molecule has 1 aromatic heterocycles. The van der Waals surface area contributed by atoms with Gasteiger partial charge in [-0.25, -0.2) is 4.68 Å². The smallest absolute Gasteiger partial charge is 0.416 e. The standard InChI is InChI=1S/C20H18F3N3O3/c1-12-7-8-16(28-2)15(9-12)24-19(27)18-17(29-3)11-26(25-18)14-6-4-5-13(10-14)20(21,22)23/h4-11H,1-3H3,(H,24,27). The Labute approximate surface area is 164 Å². The molecule has 3 rings (SSSR count). The molecule has 1 heterocycles. The Bertz CT molecular complexity index is 1040. The number of methoxy groups -OCH3 is 2. The van der Waals surface area contributed by atoms with Crippen LogP contribution < -0.4 is 14.8 Å². The van der Waals surface area contributed by atoms with Gasteiger partial charge in [-0.2, -0.15) is 18.3 Å². The molecule has 0 unspecified atom stereocenters. The maximum Gasteiger partial charge on any atom is 0.416 e. The minimum Gasteiger partial charge on any atom is -0.495 e. The van der Waals surface area contributed by atoms with E-state index >= 15 is 0 Å². The third-order valence-corrected chi connectivity index (χ3v) is 4.16. The van der Waals surface area contributed by atoms with Gasteiger partial charge in [0.25, 0.3) is 5.91 Å². The lowest BCUT2D eigenvalue weighted by Gasteiger charge is -2.10.